The van der Waals surface area contributed by atoms with Gasteiger partial charge >= 0.3 is 0 Å². The smallest absolute Gasteiger partial charge is 0.201 e. The van der Waals surface area contributed by atoms with Gasteiger partial charge in [0.25, 0.3) is 0 Å². The second-order valence-electron chi connectivity index (χ2n) is 13.1. The molecule has 0 heterocycles. The van der Waals surface area contributed by atoms with E-state index in [0.29, 0.717) is 18.1 Å². The molecular weight excluding hydrogens is 541 g/mol. The van der Waals surface area contributed by atoms with Crippen molar-refractivity contribution in [2.24, 2.45) is 17.8 Å². The van der Waals surface area contributed by atoms with Gasteiger partial charge in [0.1, 0.15) is 5.82 Å². The third-order valence-electron chi connectivity index (χ3n) is 10.3. The molecule has 2 aliphatic rings. The summed E-state index contributed by atoms with van der Waals surface area (Å²) in [7, 11) is 0. The minimum atomic E-state index is -0.963. The Hall–Kier alpha value is -2.75. The van der Waals surface area contributed by atoms with Crippen molar-refractivity contribution in [1.29, 1.82) is 0 Å². The van der Waals surface area contributed by atoms with Gasteiger partial charge in [0.2, 0.25) is 5.82 Å². The molecule has 0 aromatic heterocycles. The molecule has 5 rings (SSSR count). The maximum Gasteiger partial charge on any atom is 0.201 e. The fraction of sp³-hybridized carbons (Fsp3) is 0.538. The Balaban J connectivity index is 1.16. The zero-order valence-electron chi connectivity index (χ0n) is 26.2. The summed E-state index contributed by atoms with van der Waals surface area (Å²) in [5.74, 6) is 0.868. The monoisotopic (exact) mass is 590 g/mol. The van der Waals surface area contributed by atoms with Crippen LogP contribution >= 0.6 is 0 Å². The molecular formula is C39H49F3O. The molecule has 0 N–H and O–H groups in total. The highest BCUT2D eigenvalue weighted by molar-refractivity contribution is 5.71. The summed E-state index contributed by atoms with van der Waals surface area (Å²) in [5, 5.41) is 0. The van der Waals surface area contributed by atoms with Crippen LogP contribution in [0.5, 0.6) is 5.75 Å². The number of hydrogen-bond donors (Lipinski definition) is 0. The van der Waals surface area contributed by atoms with Crippen LogP contribution in [0.3, 0.4) is 0 Å². The molecule has 3 aromatic rings. The molecule has 4 heteroatoms. The van der Waals surface area contributed by atoms with Crippen LogP contribution in [0.25, 0.3) is 22.3 Å². The Morgan fingerprint density at radius 3 is 1.91 bits per heavy atom. The summed E-state index contributed by atoms with van der Waals surface area (Å²) >= 11 is 0. The quantitative estimate of drug-likeness (QED) is 0.191. The van der Waals surface area contributed by atoms with Crippen molar-refractivity contribution in [3.63, 3.8) is 0 Å². The summed E-state index contributed by atoms with van der Waals surface area (Å²) in [4.78, 5) is 0. The van der Waals surface area contributed by atoms with E-state index in [0.717, 1.165) is 60.1 Å². The predicted molar refractivity (Wildman–Crippen MR) is 172 cm³/mol. The topological polar surface area (TPSA) is 9.23 Å². The average Bonchev–Trinajstić information content (AvgIpc) is 3.04. The van der Waals surface area contributed by atoms with Gasteiger partial charge in [0.05, 0.1) is 6.61 Å². The second-order valence-corrected chi connectivity index (χ2v) is 13.1. The van der Waals surface area contributed by atoms with Crippen molar-refractivity contribution in [2.45, 2.75) is 110 Å². The molecule has 0 saturated heterocycles. The molecule has 43 heavy (non-hydrogen) atoms. The van der Waals surface area contributed by atoms with E-state index in [1.54, 1.807) is 24.3 Å². The Bertz CT molecular complexity index is 1300. The van der Waals surface area contributed by atoms with Crippen LogP contribution in [0.1, 0.15) is 115 Å². The molecule has 0 aliphatic heterocycles. The number of hydrogen-bond acceptors (Lipinski definition) is 1. The van der Waals surface area contributed by atoms with E-state index in [9.17, 15) is 8.78 Å². The van der Waals surface area contributed by atoms with Crippen LogP contribution in [0.2, 0.25) is 0 Å². The summed E-state index contributed by atoms with van der Waals surface area (Å²) in [5.41, 5.74) is 3.24. The van der Waals surface area contributed by atoms with E-state index in [2.05, 4.69) is 6.92 Å². The van der Waals surface area contributed by atoms with E-state index in [-0.39, 0.29) is 17.1 Å². The number of unbranched alkanes of at least 4 members (excludes halogenated alkanes) is 3. The van der Waals surface area contributed by atoms with Crippen molar-refractivity contribution >= 4 is 0 Å². The lowest BCUT2D eigenvalue weighted by Crippen LogP contribution is -2.25. The maximum absolute atomic E-state index is 15.4. The van der Waals surface area contributed by atoms with Crippen molar-refractivity contribution in [1.82, 2.24) is 0 Å². The maximum atomic E-state index is 15.4. The van der Waals surface area contributed by atoms with E-state index in [1.165, 1.54) is 70.3 Å². The third-order valence-corrected chi connectivity index (χ3v) is 10.3. The van der Waals surface area contributed by atoms with Gasteiger partial charge < -0.3 is 4.74 Å². The van der Waals surface area contributed by atoms with Gasteiger partial charge in [-0.05, 0) is 109 Å². The second kappa shape index (κ2) is 15.3. The van der Waals surface area contributed by atoms with Crippen LogP contribution in [0.4, 0.5) is 13.2 Å². The minimum Gasteiger partial charge on any atom is -0.490 e. The van der Waals surface area contributed by atoms with Gasteiger partial charge in [-0.15, -0.1) is 0 Å². The lowest BCUT2D eigenvalue weighted by molar-refractivity contribution is 0.155. The fourth-order valence-corrected chi connectivity index (χ4v) is 7.61. The summed E-state index contributed by atoms with van der Waals surface area (Å²) in [6.07, 6.45) is 17.4. The SMILES string of the molecule is CCCCCC1CCC(C2CCC(c3ccc(-c4ccc(-c5ccc(OCCCC)c(F)c5F)cc4)cc3F)CC2)CC1. The molecule has 3 aromatic carbocycles. The Morgan fingerprint density at radius 2 is 1.26 bits per heavy atom. The van der Waals surface area contributed by atoms with Gasteiger partial charge in [-0.25, -0.2) is 8.78 Å². The first-order valence-electron chi connectivity index (χ1n) is 17.0. The molecule has 0 radical (unpaired) electrons. The highest BCUT2D eigenvalue weighted by atomic mass is 19.2. The van der Waals surface area contributed by atoms with Crippen LogP contribution in [-0.2, 0) is 0 Å². The van der Waals surface area contributed by atoms with E-state index in [1.807, 2.05) is 31.2 Å². The Kier molecular flexibility index (Phi) is 11.3. The standard InChI is InChI=1S/C39H49F3O/c1-3-5-7-8-27-9-11-28(12-10-27)29-13-17-31(18-14-29)34-22-21-33(26-36(34)40)30-15-19-32(20-16-30)35-23-24-37(39(42)38(35)41)43-25-6-4-2/h15-16,19-24,26-29,31H,3-14,17-18,25H2,1-2H3. The third kappa shape index (κ3) is 7.86. The number of halogens is 3. The zero-order valence-corrected chi connectivity index (χ0v) is 26.2. The van der Waals surface area contributed by atoms with Gasteiger partial charge in [0, 0.05) is 5.56 Å². The summed E-state index contributed by atoms with van der Waals surface area (Å²) in [6, 6.07) is 15.9. The van der Waals surface area contributed by atoms with Crippen LogP contribution < -0.4 is 4.74 Å². The summed E-state index contributed by atoms with van der Waals surface area (Å²) < 4.78 is 50.3. The highest BCUT2D eigenvalue weighted by Crippen LogP contribution is 2.45. The van der Waals surface area contributed by atoms with E-state index < -0.39 is 11.6 Å². The van der Waals surface area contributed by atoms with E-state index in [4.69, 9.17) is 4.74 Å². The first kappa shape index (κ1) is 31.7. The van der Waals surface area contributed by atoms with Gasteiger partial charge in [0.15, 0.2) is 11.6 Å². The molecule has 0 bridgehead atoms. The minimum absolute atomic E-state index is 0.0596. The molecule has 2 saturated carbocycles. The van der Waals surface area contributed by atoms with Crippen molar-refractivity contribution in [3.05, 3.63) is 77.6 Å². The largest absolute Gasteiger partial charge is 0.490 e. The number of ether oxygens (including phenoxy) is 1. The highest BCUT2D eigenvalue weighted by Gasteiger charge is 2.32. The molecule has 232 valence electrons. The lowest BCUT2D eigenvalue weighted by atomic mass is 9.68. The van der Waals surface area contributed by atoms with Gasteiger partial charge in [-0.2, -0.15) is 4.39 Å². The van der Waals surface area contributed by atoms with Crippen molar-refractivity contribution in [2.75, 3.05) is 6.61 Å². The van der Waals surface area contributed by atoms with Gasteiger partial charge in [-0.3, -0.25) is 0 Å². The zero-order chi connectivity index (χ0) is 30.2. The first-order chi connectivity index (χ1) is 21.0. The van der Waals surface area contributed by atoms with Crippen LogP contribution in [-0.4, -0.2) is 6.61 Å². The molecule has 2 fully saturated rings. The van der Waals surface area contributed by atoms with Crippen LogP contribution in [0.15, 0.2) is 54.6 Å². The Morgan fingerprint density at radius 1 is 0.628 bits per heavy atom. The van der Waals surface area contributed by atoms with Crippen molar-refractivity contribution in [3.8, 4) is 28.0 Å². The van der Waals surface area contributed by atoms with Gasteiger partial charge in [-0.1, -0.05) is 95.2 Å². The van der Waals surface area contributed by atoms with Crippen LogP contribution in [0, 0.1) is 35.2 Å². The Labute approximate surface area is 257 Å². The molecule has 0 atom stereocenters. The molecule has 0 amide bonds. The first-order valence-corrected chi connectivity index (χ1v) is 17.0. The average molecular weight is 591 g/mol. The predicted octanol–water partition coefficient (Wildman–Crippen LogP) is 12.3. The molecule has 1 nitrogen and oxygen atoms in total. The number of benzene rings is 3. The fourth-order valence-electron chi connectivity index (χ4n) is 7.61. The number of rotatable bonds is 12. The molecule has 0 spiro atoms. The van der Waals surface area contributed by atoms with Crippen molar-refractivity contribution < 1.29 is 17.9 Å². The van der Waals surface area contributed by atoms with E-state index >= 15 is 4.39 Å². The summed E-state index contributed by atoms with van der Waals surface area (Å²) in [6.45, 7) is 4.66. The normalized spacial score (nSPS) is 22.4. The lowest BCUT2D eigenvalue weighted by Gasteiger charge is -2.38. The molecule has 2 aliphatic carbocycles. The molecule has 0 unspecified atom stereocenters.